The Morgan fingerprint density at radius 1 is 0.704 bits per heavy atom. The third kappa shape index (κ3) is 3.60. The number of esters is 2. The highest BCUT2D eigenvalue weighted by Crippen LogP contribution is 2.27. The summed E-state index contributed by atoms with van der Waals surface area (Å²) in [5, 5.41) is 2.80. The van der Waals surface area contributed by atoms with Crippen LogP contribution in [-0.2, 0) is 15.9 Å². The Kier molecular flexibility index (Phi) is 4.71. The molecule has 0 spiro atoms. The maximum absolute atomic E-state index is 11.3. The maximum atomic E-state index is 11.3. The summed E-state index contributed by atoms with van der Waals surface area (Å²) in [5.74, 6) is -0.788. The van der Waals surface area contributed by atoms with Crippen molar-refractivity contribution in [3.05, 3.63) is 89.0 Å². The average molecular weight is 358 g/mol. The molecule has 1 aliphatic carbocycles. The van der Waals surface area contributed by atoms with E-state index in [4.69, 9.17) is 9.47 Å². The van der Waals surface area contributed by atoms with Crippen LogP contribution < -0.4 is 0 Å². The predicted molar refractivity (Wildman–Crippen MR) is 104 cm³/mol. The molecule has 4 heteroatoms. The first-order valence-electron chi connectivity index (χ1n) is 8.84. The third-order valence-corrected chi connectivity index (χ3v) is 4.56. The summed E-state index contributed by atoms with van der Waals surface area (Å²) in [6.07, 6.45) is 5.53. The fourth-order valence-corrected chi connectivity index (χ4v) is 3.25. The van der Waals surface area contributed by atoms with Crippen LogP contribution in [0.5, 0.6) is 0 Å². The van der Waals surface area contributed by atoms with Gasteiger partial charge in [-0.2, -0.15) is 0 Å². The summed E-state index contributed by atoms with van der Waals surface area (Å²) in [4.78, 5) is 22.5. The number of rotatable bonds is 0. The van der Waals surface area contributed by atoms with E-state index in [1.807, 2.05) is 0 Å². The quantitative estimate of drug-likeness (QED) is 0.558. The molecule has 0 fully saturated rings. The van der Waals surface area contributed by atoms with E-state index in [0.29, 0.717) is 11.1 Å². The molecule has 0 aromatic heterocycles. The zero-order chi connectivity index (χ0) is 18.6. The van der Waals surface area contributed by atoms with Crippen molar-refractivity contribution in [3.8, 4) is 0 Å². The number of ether oxygens (including phenoxy) is 2. The molecule has 0 amide bonds. The molecule has 2 aliphatic heterocycles. The Balaban J connectivity index is 0.000000134. The largest absolute Gasteiger partial charge is 0.458 e. The zero-order valence-electron chi connectivity index (χ0n) is 14.7. The maximum Gasteiger partial charge on any atom is 0.338 e. The van der Waals surface area contributed by atoms with Gasteiger partial charge in [-0.25, -0.2) is 9.59 Å². The van der Waals surface area contributed by atoms with Gasteiger partial charge >= 0.3 is 11.9 Å². The summed E-state index contributed by atoms with van der Waals surface area (Å²) in [5.41, 5.74) is 3.71. The van der Waals surface area contributed by atoms with Crippen molar-refractivity contribution in [1.29, 1.82) is 0 Å². The van der Waals surface area contributed by atoms with Gasteiger partial charge in [0.05, 0.1) is 11.1 Å². The fourth-order valence-electron chi connectivity index (χ4n) is 3.25. The van der Waals surface area contributed by atoms with E-state index in [1.165, 1.54) is 21.9 Å². The minimum atomic E-state index is -0.394. The van der Waals surface area contributed by atoms with Gasteiger partial charge < -0.3 is 9.47 Å². The Bertz CT molecular complexity index is 990. The minimum Gasteiger partial charge on any atom is -0.458 e. The summed E-state index contributed by atoms with van der Waals surface area (Å²) in [6.45, 7) is 0.200. The van der Waals surface area contributed by atoms with Gasteiger partial charge in [0.2, 0.25) is 0 Å². The van der Waals surface area contributed by atoms with Gasteiger partial charge in [-0.1, -0.05) is 48.6 Å². The molecular weight excluding hydrogens is 340 g/mol. The normalized spacial score (nSPS) is 14.8. The molecule has 6 rings (SSSR count). The van der Waals surface area contributed by atoms with Gasteiger partial charge in [0.1, 0.15) is 13.2 Å². The molecule has 27 heavy (non-hydrogen) atoms. The molecule has 0 unspecified atom stereocenters. The lowest BCUT2D eigenvalue weighted by molar-refractivity contribution is 0.0260. The molecule has 3 aromatic rings. The summed E-state index contributed by atoms with van der Waals surface area (Å²) in [7, 11) is 0. The summed E-state index contributed by atoms with van der Waals surface area (Å²) < 4.78 is 9.66. The lowest BCUT2D eigenvalue weighted by Crippen LogP contribution is -2.16. The van der Waals surface area contributed by atoms with Crippen LogP contribution in [0.4, 0.5) is 0 Å². The van der Waals surface area contributed by atoms with Crippen molar-refractivity contribution < 1.29 is 19.1 Å². The van der Waals surface area contributed by atoms with Crippen LogP contribution in [0.15, 0.2) is 66.7 Å². The zero-order valence-corrected chi connectivity index (χ0v) is 14.7. The Morgan fingerprint density at radius 2 is 1.30 bits per heavy atom. The number of hydrogen-bond donors (Lipinski definition) is 0. The van der Waals surface area contributed by atoms with Gasteiger partial charge in [0.15, 0.2) is 0 Å². The first-order valence-corrected chi connectivity index (χ1v) is 8.84. The molecule has 0 saturated carbocycles. The van der Waals surface area contributed by atoms with Gasteiger partial charge in [-0.3, -0.25) is 0 Å². The average Bonchev–Trinajstić information content (AvgIpc) is 2.72. The molecule has 0 radical (unpaired) electrons. The Labute approximate surface area is 157 Å². The summed E-state index contributed by atoms with van der Waals surface area (Å²) in [6, 6.07) is 19.2. The van der Waals surface area contributed by atoms with Crippen molar-refractivity contribution in [2.24, 2.45) is 0 Å². The molecule has 4 nitrogen and oxygen atoms in total. The fraction of sp³-hybridized carbons (Fsp3) is 0.130. The summed E-state index contributed by atoms with van der Waals surface area (Å²) >= 11 is 0. The predicted octanol–water partition coefficient (Wildman–Crippen LogP) is 4.42. The second-order valence-electron chi connectivity index (χ2n) is 6.32. The molecule has 0 N–H and O–H groups in total. The molecule has 0 saturated heterocycles. The van der Waals surface area contributed by atoms with Crippen molar-refractivity contribution >= 4 is 28.8 Å². The molecule has 2 bridgehead atoms. The van der Waals surface area contributed by atoms with Crippen LogP contribution in [0.3, 0.4) is 0 Å². The number of fused-ring (bicyclic) bond motifs is 7. The second kappa shape index (κ2) is 7.46. The van der Waals surface area contributed by atoms with Gasteiger partial charge in [0.25, 0.3) is 0 Å². The number of carbonyl (C=O) groups is 2. The second-order valence-corrected chi connectivity index (χ2v) is 6.32. The van der Waals surface area contributed by atoms with E-state index in [0.717, 1.165) is 6.42 Å². The van der Waals surface area contributed by atoms with E-state index in [2.05, 4.69) is 48.6 Å². The molecule has 0 atom stereocenters. The third-order valence-electron chi connectivity index (χ3n) is 4.56. The van der Waals surface area contributed by atoms with Crippen molar-refractivity contribution in [2.75, 3.05) is 13.2 Å². The van der Waals surface area contributed by atoms with E-state index in [9.17, 15) is 9.59 Å². The smallest absolute Gasteiger partial charge is 0.338 e. The van der Waals surface area contributed by atoms with Gasteiger partial charge in [-0.05, 0) is 52.6 Å². The van der Waals surface area contributed by atoms with Crippen molar-refractivity contribution in [2.45, 2.75) is 6.42 Å². The van der Waals surface area contributed by atoms with Crippen LogP contribution in [0.1, 0.15) is 31.8 Å². The molecule has 3 aliphatic rings. The highest BCUT2D eigenvalue weighted by Gasteiger charge is 2.13. The number of hydrogen-bond acceptors (Lipinski definition) is 4. The Hall–Kier alpha value is -3.40. The first-order chi connectivity index (χ1) is 13.2. The topological polar surface area (TPSA) is 52.6 Å². The SMILES string of the molecule is C1=Cc2cccc3cccc(c23)C1.O=C1OCCOC(=O)c2ccc1cc2. The molecule has 3 aromatic carbocycles. The van der Waals surface area contributed by atoms with Crippen LogP contribution in [-0.4, -0.2) is 25.2 Å². The highest BCUT2D eigenvalue weighted by molar-refractivity contribution is 5.95. The lowest BCUT2D eigenvalue weighted by atomic mass is 9.93. The van der Waals surface area contributed by atoms with Crippen LogP contribution >= 0.6 is 0 Å². The lowest BCUT2D eigenvalue weighted by Gasteiger charge is -2.11. The van der Waals surface area contributed by atoms with Crippen molar-refractivity contribution in [3.63, 3.8) is 0 Å². The van der Waals surface area contributed by atoms with Crippen LogP contribution in [0.25, 0.3) is 16.8 Å². The monoisotopic (exact) mass is 358 g/mol. The minimum absolute atomic E-state index is 0.100. The number of allylic oxidation sites excluding steroid dienone is 1. The van der Waals surface area contributed by atoms with E-state index < -0.39 is 11.9 Å². The standard InChI is InChI=1S/C13H10.C10H8O4/c1-4-10-6-2-8-12-9-3-7-11(5-1)13(10)12;11-9-7-1-2-8(4-3-7)10(12)14-6-5-13-9/h1-8H,9H2;1-4H,5-6H2. The van der Waals surface area contributed by atoms with Crippen molar-refractivity contribution in [1.82, 2.24) is 0 Å². The molecule has 134 valence electrons. The highest BCUT2D eigenvalue weighted by atomic mass is 16.6. The van der Waals surface area contributed by atoms with Gasteiger partial charge in [0, 0.05) is 0 Å². The van der Waals surface area contributed by atoms with Gasteiger partial charge in [-0.15, -0.1) is 0 Å². The van der Waals surface area contributed by atoms with E-state index in [1.54, 1.807) is 24.3 Å². The van der Waals surface area contributed by atoms with Crippen LogP contribution in [0, 0.1) is 0 Å². The first kappa shape index (κ1) is 17.0. The van der Waals surface area contributed by atoms with E-state index in [-0.39, 0.29) is 13.2 Å². The Morgan fingerprint density at radius 3 is 1.93 bits per heavy atom. The molecule has 2 heterocycles. The number of benzene rings is 3. The number of carbonyl (C=O) groups excluding carboxylic acids is 2. The van der Waals surface area contributed by atoms with E-state index >= 15 is 0 Å². The molecular formula is C23H18O4. The van der Waals surface area contributed by atoms with Crippen LogP contribution in [0.2, 0.25) is 0 Å².